The minimum Gasteiger partial charge on any atom is -0.280 e. The second kappa shape index (κ2) is 7.50. The Morgan fingerprint density at radius 2 is 1.29 bits per heavy atom. The lowest BCUT2D eigenvalue weighted by molar-refractivity contribution is 0.477. The molecule has 0 saturated carbocycles. The second-order valence-electron chi connectivity index (χ2n) is 8.02. The second-order valence-corrected chi connectivity index (χ2v) is 11.6. The zero-order chi connectivity index (χ0) is 20.6. The van der Waals surface area contributed by atoms with Crippen LogP contribution >= 0.6 is 0 Å². The van der Waals surface area contributed by atoms with Crippen LogP contribution < -0.4 is 4.72 Å². The van der Waals surface area contributed by atoms with Gasteiger partial charge in [0.2, 0.25) is 10.0 Å². The fraction of sp³-hybridized carbons (Fsp3) is 0.400. The van der Waals surface area contributed by atoms with Crippen LogP contribution in [0, 0.1) is 0 Å². The van der Waals surface area contributed by atoms with E-state index in [-0.39, 0.29) is 15.2 Å². The number of nitrogens with zero attached hydrogens (tertiary/aromatic N) is 1. The quantitative estimate of drug-likeness (QED) is 0.798. The zero-order valence-electron chi connectivity index (χ0n) is 16.3. The van der Waals surface area contributed by atoms with Crippen LogP contribution in [0.4, 0.5) is 5.69 Å². The molecular weight excluding hydrogens is 396 g/mol. The molecule has 1 N–H and O–H groups in total. The summed E-state index contributed by atoms with van der Waals surface area (Å²) in [6.45, 7) is 7.28. The lowest BCUT2D eigenvalue weighted by Gasteiger charge is -2.19. The van der Waals surface area contributed by atoms with E-state index in [1.54, 1.807) is 12.1 Å². The predicted molar refractivity (Wildman–Crippen MR) is 110 cm³/mol. The largest absolute Gasteiger partial charge is 0.280 e. The Kier molecular flexibility index (Phi) is 5.58. The summed E-state index contributed by atoms with van der Waals surface area (Å²) in [5, 5.41) is 0. The van der Waals surface area contributed by atoms with E-state index in [1.807, 2.05) is 12.1 Å². The van der Waals surface area contributed by atoms with Crippen LogP contribution in [-0.4, -0.2) is 34.2 Å². The highest BCUT2D eigenvalue weighted by Gasteiger charge is 2.27. The maximum atomic E-state index is 12.6. The first-order valence-electron chi connectivity index (χ1n) is 9.24. The Balaban J connectivity index is 1.79. The maximum absolute atomic E-state index is 12.6. The molecule has 0 bridgehead atoms. The average Bonchev–Trinajstić information content (AvgIpc) is 3.17. The molecular formula is C20H26N2O4S2. The van der Waals surface area contributed by atoms with Crippen molar-refractivity contribution in [2.45, 2.75) is 48.8 Å². The van der Waals surface area contributed by atoms with Gasteiger partial charge in [-0.15, -0.1) is 0 Å². The van der Waals surface area contributed by atoms with Crippen LogP contribution in [0.3, 0.4) is 0 Å². The summed E-state index contributed by atoms with van der Waals surface area (Å²) < 4.78 is 54.4. The lowest BCUT2D eigenvalue weighted by Crippen LogP contribution is -2.27. The first-order chi connectivity index (χ1) is 13.0. The molecule has 8 heteroatoms. The van der Waals surface area contributed by atoms with Crippen molar-refractivity contribution in [2.75, 3.05) is 17.8 Å². The fourth-order valence-electron chi connectivity index (χ4n) is 3.12. The predicted octanol–water partition coefficient (Wildman–Crippen LogP) is 3.57. The third kappa shape index (κ3) is 4.39. The highest BCUT2D eigenvalue weighted by atomic mass is 32.2. The molecule has 152 valence electrons. The van der Waals surface area contributed by atoms with Gasteiger partial charge in [-0.2, -0.15) is 4.31 Å². The Labute approximate surface area is 167 Å². The normalized spacial score (nSPS) is 16.2. The smallest absolute Gasteiger partial charge is 0.261 e. The molecule has 1 fully saturated rings. The molecule has 0 unspecified atom stereocenters. The van der Waals surface area contributed by atoms with E-state index in [0.29, 0.717) is 18.8 Å². The van der Waals surface area contributed by atoms with Crippen molar-refractivity contribution < 1.29 is 16.8 Å². The molecule has 0 amide bonds. The Bertz CT molecular complexity index is 1030. The molecule has 6 nitrogen and oxygen atoms in total. The van der Waals surface area contributed by atoms with Gasteiger partial charge in [0.25, 0.3) is 10.0 Å². The summed E-state index contributed by atoms with van der Waals surface area (Å²) in [4.78, 5) is 0.135. The molecule has 2 aromatic rings. The minimum atomic E-state index is -3.80. The molecule has 1 aliphatic rings. The van der Waals surface area contributed by atoms with E-state index < -0.39 is 20.0 Å². The van der Waals surface area contributed by atoms with E-state index in [4.69, 9.17) is 0 Å². The van der Waals surface area contributed by atoms with Gasteiger partial charge in [0.15, 0.2) is 0 Å². The van der Waals surface area contributed by atoms with Crippen LogP contribution in [-0.2, 0) is 25.5 Å². The van der Waals surface area contributed by atoms with Crippen molar-refractivity contribution in [3.05, 3.63) is 54.1 Å². The van der Waals surface area contributed by atoms with Crippen molar-refractivity contribution in [1.82, 2.24) is 4.31 Å². The molecule has 2 aromatic carbocycles. The Morgan fingerprint density at radius 3 is 1.79 bits per heavy atom. The lowest BCUT2D eigenvalue weighted by atomic mass is 9.87. The van der Waals surface area contributed by atoms with E-state index in [0.717, 1.165) is 18.4 Å². The molecule has 0 aromatic heterocycles. The topological polar surface area (TPSA) is 83.5 Å². The van der Waals surface area contributed by atoms with Crippen LogP contribution in [0.1, 0.15) is 39.2 Å². The standard InChI is InChI=1S/C20H26N2O4S2/c1-20(2,3)16-6-8-17(9-7-16)21-27(23,24)18-10-12-19(13-11-18)28(25,26)22-14-4-5-15-22/h6-13,21H,4-5,14-15H2,1-3H3. The van der Waals surface area contributed by atoms with E-state index in [9.17, 15) is 16.8 Å². The van der Waals surface area contributed by atoms with Crippen LogP contribution in [0.25, 0.3) is 0 Å². The number of rotatable bonds is 5. The number of sulfonamides is 2. The number of benzene rings is 2. The summed E-state index contributed by atoms with van der Waals surface area (Å²) in [5.74, 6) is 0. The summed E-state index contributed by atoms with van der Waals surface area (Å²) in [5.41, 5.74) is 1.54. The molecule has 0 aliphatic carbocycles. The molecule has 28 heavy (non-hydrogen) atoms. The molecule has 0 atom stereocenters. The van der Waals surface area contributed by atoms with Crippen LogP contribution in [0.5, 0.6) is 0 Å². The SMILES string of the molecule is CC(C)(C)c1ccc(NS(=O)(=O)c2ccc(S(=O)(=O)N3CCCC3)cc2)cc1. The first-order valence-corrected chi connectivity index (χ1v) is 12.2. The van der Waals surface area contributed by atoms with Crippen LogP contribution in [0.2, 0.25) is 0 Å². The van der Waals surface area contributed by atoms with Crippen molar-refractivity contribution >= 4 is 25.7 Å². The van der Waals surface area contributed by atoms with Gasteiger partial charge in [-0.3, -0.25) is 4.72 Å². The molecule has 1 aliphatic heterocycles. The zero-order valence-corrected chi connectivity index (χ0v) is 18.0. The average molecular weight is 423 g/mol. The molecule has 0 radical (unpaired) electrons. The van der Waals surface area contributed by atoms with Gasteiger partial charge in [-0.25, -0.2) is 16.8 Å². The van der Waals surface area contributed by atoms with Gasteiger partial charge in [-0.1, -0.05) is 32.9 Å². The summed E-state index contributed by atoms with van der Waals surface area (Å²) in [6.07, 6.45) is 1.70. The van der Waals surface area contributed by atoms with Gasteiger partial charge in [0.1, 0.15) is 0 Å². The maximum Gasteiger partial charge on any atom is 0.261 e. The Morgan fingerprint density at radius 1 is 0.786 bits per heavy atom. The Hall–Kier alpha value is -1.90. The first kappa shape index (κ1) is 20.8. The highest BCUT2D eigenvalue weighted by Crippen LogP contribution is 2.26. The van der Waals surface area contributed by atoms with Crippen molar-refractivity contribution in [3.63, 3.8) is 0 Å². The molecule has 0 spiro atoms. The van der Waals surface area contributed by atoms with E-state index >= 15 is 0 Å². The number of nitrogens with one attached hydrogen (secondary N) is 1. The summed E-state index contributed by atoms with van der Waals surface area (Å²) in [6, 6.07) is 12.6. The third-order valence-electron chi connectivity index (χ3n) is 4.84. The molecule has 1 saturated heterocycles. The van der Waals surface area contributed by atoms with Gasteiger partial charge in [0.05, 0.1) is 9.79 Å². The van der Waals surface area contributed by atoms with E-state index in [1.165, 1.54) is 28.6 Å². The van der Waals surface area contributed by atoms with Gasteiger partial charge in [-0.05, 0) is 60.2 Å². The van der Waals surface area contributed by atoms with Crippen molar-refractivity contribution in [3.8, 4) is 0 Å². The molecule has 3 rings (SSSR count). The highest BCUT2D eigenvalue weighted by molar-refractivity contribution is 7.92. The van der Waals surface area contributed by atoms with Gasteiger partial charge in [0, 0.05) is 18.8 Å². The number of hydrogen-bond donors (Lipinski definition) is 1. The van der Waals surface area contributed by atoms with Gasteiger partial charge >= 0.3 is 0 Å². The fourth-order valence-corrected chi connectivity index (χ4v) is 5.70. The van der Waals surface area contributed by atoms with Crippen molar-refractivity contribution in [1.29, 1.82) is 0 Å². The summed E-state index contributed by atoms with van der Waals surface area (Å²) >= 11 is 0. The van der Waals surface area contributed by atoms with E-state index in [2.05, 4.69) is 25.5 Å². The van der Waals surface area contributed by atoms with Crippen molar-refractivity contribution in [2.24, 2.45) is 0 Å². The summed E-state index contributed by atoms with van der Waals surface area (Å²) in [7, 11) is -7.36. The number of anilines is 1. The number of hydrogen-bond acceptors (Lipinski definition) is 4. The third-order valence-corrected chi connectivity index (χ3v) is 8.15. The van der Waals surface area contributed by atoms with Gasteiger partial charge < -0.3 is 0 Å². The molecule has 1 heterocycles. The monoisotopic (exact) mass is 422 g/mol. The van der Waals surface area contributed by atoms with Crippen LogP contribution in [0.15, 0.2) is 58.3 Å². The minimum absolute atomic E-state index is 0.0198.